The molecule has 0 heterocycles. The number of hydrogen-bond donors (Lipinski definition) is 2. The van der Waals surface area contributed by atoms with Crippen LogP contribution in [0.3, 0.4) is 0 Å². The molecule has 4 heteroatoms. The van der Waals surface area contributed by atoms with Crippen molar-refractivity contribution < 1.29 is 67.8 Å². The first-order valence-corrected chi connectivity index (χ1v) is 14.5. The third kappa shape index (κ3) is 3.54. The van der Waals surface area contributed by atoms with Gasteiger partial charge in [0, 0.05) is 5.41 Å². The maximum atomic E-state index is 12.7. The van der Waals surface area contributed by atoms with Crippen molar-refractivity contribution in [1.82, 2.24) is 0 Å². The predicted molar refractivity (Wildman–Crippen MR) is 138 cm³/mol. The number of carbonyl (C=O) groups is 1. The van der Waals surface area contributed by atoms with Crippen LogP contribution in [0.5, 0.6) is 0 Å². The summed E-state index contributed by atoms with van der Waals surface area (Å²) in [5.74, 6) is 2.62. The Kier molecular flexibility index (Phi) is 7.29. The summed E-state index contributed by atoms with van der Waals surface area (Å²) in [6.07, 6.45) is 11.1. The van der Waals surface area contributed by atoms with E-state index in [0.29, 0.717) is 11.8 Å². The van der Waals surface area contributed by atoms with Crippen LogP contribution in [0.2, 0.25) is 0 Å². The molecule has 0 spiro atoms. The summed E-state index contributed by atoms with van der Waals surface area (Å²) in [6, 6.07) is 0. The monoisotopic (exact) mass is 512 g/mol. The van der Waals surface area contributed by atoms with Gasteiger partial charge in [0.15, 0.2) is 5.60 Å². The number of fused-ring (bicyclic) bond motifs is 7. The minimum Gasteiger partial charge on any atom is -1.00 e. The van der Waals surface area contributed by atoms with Crippen molar-refractivity contribution in [3.63, 3.8) is 0 Å². The van der Waals surface area contributed by atoms with Crippen LogP contribution in [0.4, 0.5) is 0 Å². The van der Waals surface area contributed by atoms with Crippen molar-refractivity contribution in [3.8, 4) is 0 Å². The molecule has 5 fully saturated rings. The summed E-state index contributed by atoms with van der Waals surface area (Å²) in [5.41, 5.74) is -1.34. The van der Waals surface area contributed by atoms with Gasteiger partial charge < -0.3 is 11.6 Å². The Morgan fingerprint density at radius 3 is 2.06 bits per heavy atom. The number of rotatable bonds is 1. The van der Waals surface area contributed by atoms with Crippen LogP contribution in [0.1, 0.15) is 121 Å². The molecule has 2 N–H and O–H groups in total. The predicted octanol–water partition coefficient (Wildman–Crippen LogP) is 4.68. The van der Waals surface area contributed by atoms with E-state index >= 15 is 0 Å². The van der Waals surface area contributed by atoms with Crippen molar-refractivity contribution >= 4 is 5.97 Å². The van der Waals surface area contributed by atoms with E-state index < -0.39 is 17.0 Å². The van der Waals surface area contributed by atoms with E-state index in [1.807, 2.05) is 0 Å². The molecule has 0 aromatic carbocycles. The van der Waals surface area contributed by atoms with Gasteiger partial charge in [0.2, 0.25) is 0 Å². The van der Waals surface area contributed by atoms with Crippen LogP contribution in [0.25, 0.3) is 0 Å². The molecule has 0 saturated heterocycles. The average Bonchev–Trinajstić information content (AvgIpc) is 2.75. The van der Waals surface area contributed by atoms with Crippen LogP contribution < -0.4 is 51.4 Å². The molecule has 5 rings (SSSR count). The molecule has 0 radical (unpaired) electrons. The maximum absolute atomic E-state index is 12.7. The largest absolute Gasteiger partial charge is 1.00 e. The van der Waals surface area contributed by atoms with Crippen LogP contribution >= 0.6 is 0 Å². The second kappa shape index (κ2) is 8.78. The van der Waals surface area contributed by atoms with Crippen LogP contribution in [-0.2, 0) is 4.79 Å². The number of carboxylic acids is 1. The van der Waals surface area contributed by atoms with Crippen molar-refractivity contribution in [2.45, 2.75) is 125 Å². The smallest absolute Gasteiger partial charge is 1.00 e. The molecule has 5 saturated carbocycles. The molecule has 0 amide bonds. The molecular formula is C31H53KO3. The Morgan fingerprint density at radius 2 is 1.43 bits per heavy atom. The fourth-order valence-electron chi connectivity index (χ4n) is 12.0. The molecule has 3 nitrogen and oxygen atoms in total. The van der Waals surface area contributed by atoms with Crippen molar-refractivity contribution in [3.05, 3.63) is 0 Å². The second-order valence-corrected chi connectivity index (χ2v) is 15.7. The molecule has 1 unspecified atom stereocenters. The van der Waals surface area contributed by atoms with Gasteiger partial charge in [-0.15, -0.1) is 0 Å². The van der Waals surface area contributed by atoms with Crippen molar-refractivity contribution in [2.75, 3.05) is 0 Å². The second-order valence-electron chi connectivity index (χ2n) is 15.7. The van der Waals surface area contributed by atoms with Gasteiger partial charge in [0.1, 0.15) is 0 Å². The number of aliphatic hydroxyl groups is 1. The van der Waals surface area contributed by atoms with Gasteiger partial charge in [-0.25, -0.2) is 4.79 Å². The molecule has 0 bridgehead atoms. The van der Waals surface area contributed by atoms with E-state index in [0.717, 1.165) is 42.9 Å². The first kappa shape index (κ1) is 29.1. The summed E-state index contributed by atoms with van der Waals surface area (Å²) in [7, 11) is 0. The Hall–Kier alpha value is 1.07. The third-order valence-electron chi connectivity index (χ3n) is 14.5. The van der Waals surface area contributed by atoms with Gasteiger partial charge in [-0.2, -0.15) is 0 Å². The van der Waals surface area contributed by atoms with Crippen LogP contribution in [-0.4, -0.2) is 21.8 Å². The summed E-state index contributed by atoms with van der Waals surface area (Å²) in [5, 5.41) is 22.4. The van der Waals surface area contributed by atoms with Gasteiger partial charge in [0.25, 0.3) is 0 Å². The number of aliphatic carboxylic acids is 1. The molecule has 5 aliphatic rings. The van der Waals surface area contributed by atoms with Gasteiger partial charge >= 0.3 is 57.4 Å². The zero-order valence-corrected chi connectivity index (χ0v) is 27.5. The SMILES string of the molecule is C[C@@H]1[C@H]2[C@H]3CC[C@@H]4[C@]5(C)[C@@H](CC[C@@]4(C)[C@]3(C)CC[C@@]2(C)CC[C@H]1C)C(C)(C)CCC5(O)C(=O)O.[H-].[K+]. The van der Waals surface area contributed by atoms with Crippen molar-refractivity contribution in [2.24, 2.45) is 62.6 Å². The molecular weight excluding hydrogens is 459 g/mol. The molecule has 5 aliphatic carbocycles. The summed E-state index contributed by atoms with van der Waals surface area (Å²) < 4.78 is 0. The number of hydrogen-bond acceptors (Lipinski definition) is 2. The standard InChI is InChI=1S/C31H52O3.K.H/c1-19-11-13-27(5)16-17-28(6)21(24(27)20(19)2)9-10-23-29(28,7)14-12-22-26(3,4)15-18-31(34,25(32)33)30(22,23)8;;/h19-24,34H,9-18H2,1-8H3,(H,32,33);;/q;+1;-1/t19-,20+,21-,22+,23+,24+,27-,28-,29-,30+,31?;;/m1../s1. The van der Waals surface area contributed by atoms with Crippen molar-refractivity contribution in [1.29, 1.82) is 0 Å². The van der Waals surface area contributed by atoms with Gasteiger partial charge in [-0.3, -0.25) is 0 Å². The van der Waals surface area contributed by atoms with Crippen LogP contribution in [0, 0.1) is 62.6 Å². The molecule has 0 aromatic heterocycles. The number of carboxylic acid groups (broad SMARTS) is 1. The van der Waals surface area contributed by atoms with Gasteiger partial charge in [0.05, 0.1) is 0 Å². The zero-order chi connectivity index (χ0) is 25.1. The maximum Gasteiger partial charge on any atom is 1.00 e. The molecule has 196 valence electrons. The normalized spacial score (nSPS) is 56.9. The first-order valence-electron chi connectivity index (χ1n) is 14.5. The third-order valence-corrected chi connectivity index (χ3v) is 14.5. The molecule has 0 aromatic rings. The summed E-state index contributed by atoms with van der Waals surface area (Å²) >= 11 is 0. The van der Waals surface area contributed by atoms with Gasteiger partial charge in [-0.1, -0.05) is 55.4 Å². The van der Waals surface area contributed by atoms with E-state index in [-0.39, 0.29) is 80.9 Å². The first-order chi connectivity index (χ1) is 15.6. The van der Waals surface area contributed by atoms with E-state index in [9.17, 15) is 15.0 Å². The quantitative estimate of drug-likeness (QED) is 0.502. The Bertz CT molecular complexity index is 878. The van der Waals surface area contributed by atoms with Crippen LogP contribution in [0.15, 0.2) is 0 Å². The Labute approximate surface area is 259 Å². The van der Waals surface area contributed by atoms with E-state index in [2.05, 4.69) is 55.4 Å². The Morgan fingerprint density at radius 1 is 0.771 bits per heavy atom. The fourth-order valence-corrected chi connectivity index (χ4v) is 12.0. The minimum absolute atomic E-state index is 0. The summed E-state index contributed by atoms with van der Waals surface area (Å²) in [4.78, 5) is 12.7. The summed E-state index contributed by atoms with van der Waals surface area (Å²) in [6.45, 7) is 19.6. The molecule has 0 aliphatic heterocycles. The van der Waals surface area contributed by atoms with Gasteiger partial charge in [-0.05, 0) is 121 Å². The molecule has 35 heavy (non-hydrogen) atoms. The molecule has 11 atom stereocenters. The zero-order valence-electron chi connectivity index (χ0n) is 25.3. The van der Waals surface area contributed by atoms with E-state index in [1.165, 1.54) is 38.5 Å². The minimum atomic E-state index is -1.61. The fraction of sp³-hybridized carbons (Fsp3) is 0.968. The van der Waals surface area contributed by atoms with E-state index in [4.69, 9.17) is 0 Å². The topological polar surface area (TPSA) is 57.5 Å². The Balaban J connectivity index is 0.00000180. The van der Waals surface area contributed by atoms with E-state index in [1.54, 1.807) is 0 Å². The average molecular weight is 513 g/mol.